The minimum Gasteiger partial charge on any atom is -0.310 e. The van der Waals surface area contributed by atoms with E-state index in [1.54, 1.807) is 0 Å². The minimum absolute atomic E-state index is 0.0840. The summed E-state index contributed by atoms with van der Waals surface area (Å²) in [5.41, 5.74) is 16.5. The molecule has 8 aromatic carbocycles. The molecule has 0 N–H and O–H groups in total. The molecule has 57 heavy (non-hydrogen) atoms. The van der Waals surface area contributed by atoms with Crippen LogP contribution in [0.5, 0.6) is 0 Å². The normalized spacial score (nSPS) is 14.1. The highest BCUT2D eigenvalue weighted by Crippen LogP contribution is 2.53. The van der Waals surface area contributed by atoms with Crippen molar-refractivity contribution < 1.29 is 0 Å². The third-order valence-electron chi connectivity index (χ3n) is 12.9. The predicted molar refractivity (Wildman–Crippen MR) is 241 cm³/mol. The Morgan fingerprint density at radius 3 is 1.91 bits per heavy atom. The van der Waals surface area contributed by atoms with Crippen molar-refractivity contribution >= 4 is 55.6 Å². The largest absolute Gasteiger partial charge is 0.310 e. The molecule has 12 rings (SSSR count). The van der Waals surface area contributed by atoms with E-state index in [0.717, 1.165) is 12.8 Å². The van der Waals surface area contributed by atoms with Gasteiger partial charge in [0.05, 0.1) is 16.6 Å². The van der Waals surface area contributed by atoms with Crippen LogP contribution in [0.2, 0.25) is 0 Å². The van der Waals surface area contributed by atoms with Crippen LogP contribution >= 0.6 is 0 Å². The second-order valence-electron chi connectivity index (χ2n) is 16.4. The summed E-state index contributed by atoms with van der Waals surface area (Å²) in [7, 11) is 0. The number of hydrogen-bond donors (Lipinski definition) is 0. The molecule has 0 saturated carbocycles. The lowest BCUT2D eigenvalue weighted by Crippen LogP contribution is -2.30. The molecule has 2 aliphatic rings. The van der Waals surface area contributed by atoms with Gasteiger partial charge in [0.15, 0.2) is 0 Å². The summed E-state index contributed by atoms with van der Waals surface area (Å²) in [4.78, 5) is 0. The zero-order valence-electron chi connectivity index (χ0n) is 32.1. The van der Waals surface area contributed by atoms with Gasteiger partial charge in [-0.3, -0.25) is 0 Å². The zero-order valence-corrected chi connectivity index (χ0v) is 32.1. The first-order valence-electron chi connectivity index (χ1n) is 20.2. The second kappa shape index (κ2) is 12.0. The first-order chi connectivity index (χ1) is 28.0. The Morgan fingerprint density at radius 2 is 1.09 bits per heavy atom. The second-order valence-corrected chi connectivity index (χ2v) is 16.4. The van der Waals surface area contributed by atoms with Crippen LogP contribution in [0.25, 0.3) is 100 Å². The Kier molecular flexibility index (Phi) is 6.84. The van der Waals surface area contributed by atoms with E-state index in [1.165, 1.54) is 110 Å². The molecule has 270 valence electrons. The summed E-state index contributed by atoms with van der Waals surface area (Å²) < 4.78 is 4.99. The molecule has 0 bridgehead atoms. The fraction of sp³-hybridized carbons (Fsp3) is 0.0909. The highest BCUT2D eigenvalue weighted by molar-refractivity contribution is 6.16. The van der Waals surface area contributed by atoms with Crippen LogP contribution in [0.1, 0.15) is 37.8 Å². The van der Waals surface area contributed by atoms with Gasteiger partial charge in [0.25, 0.3) is 0 Å². The van der Waals surface area contributed by atoms with Gasteiger partial charge in [0, 0.05) is 49.1 Å². The number of aromatic nitrogens is 2. The molecular weight excluding hydrogens is 689 g/mol. The van der Waals surface area contributed by atoms with E-state index in [0.29, 0.717) is 0 Å². The van der Waals surface area contributed by atoms with Crippen molar-refractivity contribution in [3.8, 4) is 44.8 Å². The van der Waals surface area contributed by atoms with Crippen LogP contribution in [0, 0.1) is 0 Å². The number of rotatable bonds is 4. The van der Waals surface area contributed by atoms with E-state index in [4.69, 9.17) is 0 Å². The Morgan fingerprint density at radius 1 is 0.439 bits per heavy atom. The van der Waals surface area contributed by atoms with Gasteiger partial charge < -0.3 is 9.13 Å². The maximum Gasteiger partial charge on any atom is 0.0622 e. The molecule has 10 aromatic rings. The van der Waals surface area contributed by atoms with Crippen molar-refractivity contribution in [1.29, 1.82) is 0 Å². The molecule has 0 amide bonds. The summed E-state index contributed by atoms with van der Waals surface area (Å²) in [5.74, 6) is 0. The highest BCUT2D eigenvalue weighted by Gasteiger charge is 2.37. The number of hydrogen-bond acceptors (Lipinski definition) is 0. The van der Waals surface area contributed by atoms with Crippen molar-refractivity contribution in [1.82, 2.24) is 9.13 Å². The Bertz CT molecular complexity index is 3410. The fourth-order valence-electron chi connectivity index (χ4n) is 10.1. The Balaban J connectivity index is 1.06. The lowest BCUT2D eigenvalue weighted by molar-refractivity contribution is 0.661. The highest BCUT2D eigenvalue weighted by atomic mass is 15.0. The number of nitrogens with zero attached hydrogens (tertiary/aromatic N) is 2. The monoisotopic (exact) mass is 728 g/mol. The molecule has 2 nitrogen and oxygen atoms in total. The first kappa shape index (κ1) is 32.4. The Hall–Kier alpha value is -6.90. The quantitative estimate of drug-likeness (QED) is 0.171. The van der Waals surface area contributed by atoms with Gasteiger partial charge in [-0.25, -0.2) is 0 Å². The third kappa shape index (κ3) is 4.71. The van der Waals surface area contributed by atoms with Gasteiger partial charge >= 0.3 is 0 Å². The van der Waals surface area contributed by atoms with Crippen LogP contribution in [-0.2, 0) is 5.41 Å². The molecule has 2 heteroatoms. The predicted octanol–water partition coefficient (Wildman–Crippen LogP) is 12.9. The lowest BCUT2D eigenvalue weighted by Gasteiger charge is -2.21. The maximum absolute atomic E-state index is 2.53. The fourth-order valence-corrected chi connectivity index (χ4v) is 10.1. The topological polar surface area (TPSA) is 9.86 Å². The first-order valence-corrected chi connectivity index (χ1v) is 20.2. The smallest absolute Gasteiger partial charge is 0.0622 e. The standard InChI is InChI=1S/C55H40N2/c1-55(2)48-18-10-8-17-45(48)53-49(55)29-28-44-47-34-40(24-31-52(47)57(54(44)53)42-27-22-36-14-6-7-15-38(36)32-42)39-23-30-51-46(33-39)43-16-9-11-19-50(43)56(51)41-25-20-37(21-26-41)35-12-4-3-5-13-35/h3-8,10,12-34H,9,11H2,1-2H3. The lowest BCUT2D eigenvalue weighted by atomic mass is 9.82. The van der Waals surface area contributed by atoms with Crippen LogP contribution in [0.15, 0.2) is 170 Å². The van der Waals surface area contributed by atoms with Gasteiger partial charge in [-0.2, -0.15) is 0 Å². The molecule has 2 heterocycles. The molecule has 2 aromatic heterocycles. The summed E-state index contributed by atoms with van der Waals surface area (Å²) >= 11 is 0. The van der Waals surface area contributed by atoms with Crippen molar-refractivity contribution in [2.75, 3.05) is 0 Å². The van der Waals surface area contributed by atoms with Crippen LogP contribution in [0.4, 0.5) is 0 Å². The maximum atomic E-state index is 2.53. The molecule has 0 unspecified atom stereocenters. The van der Waals surface area contributed by atoms with E-state index >= 15 is 0 Å². The molecule has 0 saturated heterocycles. The van der Waals surface area contributed by atoms with Crippen molar-refractivity contribution in [3.63, 3.8) is 0 Å². The minimum atomic E-state index is -0.0840. The summed E-state index contributed by atoms with van der Waals surface area (Å²) in [6, 6.07) is 63.3. The van der Waals surface area contributed by atoms with Gasteiger partial charge in [0.2, 0.25) is 0 Å². The zero-order chi connectivity index (χ0) is 37.8. The van der Waals surface area contributed by atoms with Gasteiger partial charge in [-0.15, -0.1) is 0 Å². The summed E-state index contributed by atoms with van der Waals surface area (Å²) in [6.07, 6.45) is 6.98. The number of fused-ring (bicyclic) bond motifs is 11. The average Bonchev–Trinajstić information content (AvgIpc) is 3.86. The molecule has 0 aliphatic heterocycles. The molecule has 0 atom stereocenters. The SMILES string of the molecule is CC1(C)c2ccccc2-c2c1ccc1c3cc(-c4ccc5c(c4)c4c(n5-c5ccc(-c6ccccc6)cc5)=CCCC=4)ccc3n(-c3ccc4ccccc4c3)c21. The van der Waals surface area contributed by atoms with Crippen molar-refractivity contribution in [3.05, 3.63) is 192 Å². The van der Waals surface area contributed by atoms with Gasteiger partial charge in [-0.05, 0) is 111 Å². The van der Waals surface area contributed by atoms with Crippen molar-refractivity contribution in [2.24, 2.45) is 0 Å². The van der Waals surface area contributed by atoms with Crippen molar-refractivity contribution in [2.45, 2.75) is 32.1 Å². The molecule has 2 aliphatic carbocycles. The molecule has 0 spiro atoms. The summed E-state index contributed by atoms with van der Waals surface area (Å²) in [5, 5.41) is 9.02. The van der Waals surface area contributed by atoms with E-state index < -0.39 is 0 Å². The van der Waals surface area contributed by atoms with E-state index in [-0.39, 0.29) is 5.41 Å². The summed E-state index contributed by atoms with van der Waals surface area (Å²) in [6.45, 7) is 4.75. The Labute approximate surface area is 331 Å². The molecule has 0 fully saturated rings. The number of benzene rings is 8. The van der Waals surface area contributed by atoms with Crippen LogP contribution in [0.3, 0.4) is 0 Å². The van der Waals surface area contributed by atoms with Gasteiger partial charge in [-0.1, -0.05) is 147 Å². The third-order valence-corrected chi connectivity index (χ3v) is 12.9. The van der Waals surface area contributed by atoms with E-state index in [2.05, 4.69) is 205 Å². The van der Waals surface area contributed by atoms with E-state index in [1.807, 2.05) is 0 Å². The molecular formula is C55H40N2. The average molecular weight is 729 g/mol. The van der Waals surface area contributed by atoms with E-state index in [9.17, 15) is 0 Å². The van der Waals surface area contributed by atoms with Gasteiger partial charge in [0.1, 0.15) is 0 Å². The van der Waals surface area contributed by atoms with Crippen LogP contribution in [-0.4, -0.2) is 9.13 Å². The van der Waals surface area contributed by atoms with Crippen LogP contribution < -0.4 is 10.6 Å². The molecule has 0 radical (unpaired) electrons.